The molecule has 3 N–H and O–H groups in total. The first-order valence-corrected chi connectivity index (χ1v) is 5.74. The minimum Gasteiger partial charge on any atom is -0.396 e. The summed E-state index contributed by atoms with van der Waals surface area (Å²) in [5, 5.41) is 4.20. The lowest BCUT2D eigenvalue weighted by Crippen LogP contribution is -1.99. The standard InChI is InChI=1S/C11H12IN3/c1-6-8(12)4-3-7-10(6)15-5-9(13)11(7)14-2/h3-5H,13H2,1-2H3,(H,14,15). The van der Waals surface area contributed by atoms with Gasteiger partial charge in [-0.15, -0.1) is 0 Å². The highest BCUT2D eigenvalue weighted by atomic mass is 127. The Bertz CT molecular complexity index is 523. The van der Waals surface area contributed by atoms with E-state index in [-0.39, 0.29) is 0 Å². The predicted molar refractivity (Wildman–Crippen MR) is 73.2 cm³/mol. The highest BCUT2D eigenvalue weighted by Gasteiger charge is 2.08. The zero-order chi connectivity index (χ0) is 11.0. The molecule has 0 unspecified atom stereocenters. The summed E-state index contributed by atoms with van der Waals surface area (Å²) in [5.74, 6) is 0. The Morgan fingerprint density at radius 2 is 2.13 bits per heavy atom. The number of fused-ring (bicyclic) bond motifs is 1. The van der Waals surface area contributed by atoms with Gasteiger partial charge in [-0.25, -0.2) is 0 Å². The van der Waals surface area contributed by atoms with Gasteiger partial charge in [0, 0.05) is 16.0 Å². The summed E-state index contributed by atoms with van der Waals surface area (Å²) in [6.45, 7) is 2.08. The SMILES string of the molecule is CNc1c(N)cnc2c(C)c(I)ccc12. The van der Waals surface area contributed by atoms with Gasteiger partial charge in [0.2, 0.25) is 0 Å². The van der Waals surface area contributed by atoms with E-state index in [2.05, 4.69) is 51.9 Å². The number of hydrogen-bond acceptors (Lipinski definition) is 3. The van der Waals surface area contributed by atoms with Crippen molar-refractivity contribution in [3.8, 4) is 0 Å². The van der Waals surface area contributed by atoms with Crippen LogP contribution in [0.1, 0.15) is 5.56 Å². The van der Waals surface area contributed by atoms with Gasteiger partial charge < -0.3 is 11.1 Å². The number of hydrogen-bond donors (Lipinski definition) is 2. The number of aromatic nitrogens is 1. The molecule has 0 aliphatic rings. The van der Waals surface area contributed by atoms with Crippen molar-refractivity contribution in [1.29, 1.82) is 0 Å². The molecule has 0 spiro atoms. The minimum atomic E-state index is 0.686. The number of benzene rings is 1. The van der Waals surface area contributed by atoms with Crippen LogP contribution in [0, 0.1) is 10.5 Å². The van der Waals surface area contributed by atoms with Gasteiger partial charge in [-0.3, -0.25) is 4.98 Å². The van der Waals surface area contributed by atoms with Crippen molar-refractivity contribution in [2.75, 3.05) is 18.1 Å². The summed E-state index contributed by atoms with van der Waals surface area (Å²) in [7, 11) is 1.87. The van der Waals surface area contributed by atoms with E-state index in [1.165, 1.54) is 9.13 Å². The van der Waals surface area contributed by atoms with E-state index in [0.29, 0.717) is 5.69 Å². The van der Waals surface area contributed by atoms with Crippen molar-refractivity contribution in [3.05, 3.63) is 27.5 Å². The maximum atomic E-state index is 5.86. The molecule has 0 bridgehead atoms. The maximum Gasteiger partial charge on any atom is 0.0764 e. The van der Waals surface area contributed by atoms with E-state index < -0.39 is 0 Å². The van der Waals surface area contributed by atoms with Crippen LogP contribution in [0.5, 0.6) is 0 Å². The lowest BCUT2D eigenvalue weighted by Gasteiger charge is -2.10. The van der Waals surface area contributed by atoms with E-state index in [0.717, 1.165) is 16.6 Å². The van der Waals surface area contributed by atoms with Crippen LogP contribution < -0.4 is 11.1 Å². The van der Waals surface area contributed by atoms with Crippen molar-refractivity contribution in [2.24, 2.45) is 0 Å². The average molecular weight is 313 g/mol. The number of nitrogen functional groups attached to an aromatic ring is 1. The summed E-state index contributed by atoms with van der Waals surface area (Å²) >= 11 is 2.31. The molecule has 0 fully saturated rings. The van der Waals surface area contributed by atoms with E-state index >= 15 is 0 Å². The first-order valence-electron chi connectivity index (χ1n) is 4.66. The number of halogens is 1. The second-order valence-corrected chi connectivity index (χ2v) is 4.57. The van der Waals surface area contributed by atoms with Gasteiger partial charge in [-0.2, -0.15) is 0 Å². The lowest BCUT2D eigenvalue weighted by atomic mass is 10.1. The van der Waals surface area contributed by atoms with Crippen LogP contribution in [0.15, 0.2) is 18.3 Å². The first kappa shape index (κ1) is 10.5. The molecule has 3 nitrogen and oxygen atoms in total. The van der Waals surface area contributed by atoms with Gasteiger partial charge in [0.1, 0.15) is 0 Å². The van der Waals surface area contributed by atoms with E-state index in [1.807, 2.05) is 7.05 Å². The molecule has 0 atom stereocenters. The molecule has 2 aromatic rings. The van der Waals surface area contributed by atoms with Crippen LogP contribution in [0.4, 0.5) is 11.4 Å². The molecule has 2 rings (SSSR count). The molecule has 1 aromatic carbocycles. The third-order valence-corrected chi connectivity index (χ3v) is 3.67. The summed E-state index contributed by atoms with van der Waals surface area (Å²) in [4.78, 5) is 4.38. The van der Waals surface area contributed by atoms with Gasteiger partial charge in [0.05, 0.1) is 23.1 Å². The van der Waals surface area contributed by atoms with Crippen LogP contribution in [-0.4, -0.2) is 12.0 Å². The third kappa shape index (κ3) is 1.62. The number of nitrogens with one attached hydrogen (secondary N) is 1. The monoisotopic (exact) mass is 313 g/mol. The Balaban J connectivity index is 2.89. The predicted octanol–water partition coefficient (Wildman–Crippen LogP) is 2.77. The highest BCUT2D eigenvalue weighted by Crippen LogP contribution is 2.30. The Labute approximate surface area is 102 Å². The molecule has 78 valence electrons. The molecule has 4 heteroatoms. The summed E-state index contributed by atoms with van der Waals surface area (Å²) in [5.41, 5.74) is 9.72. The van der Waals surface area contributed by atoms with Crippen molar-refractivity contribution >= 4 is 44.9 Å². The van der Waals surface area contributed by atoms with Crippen molar-refractivity contribution < 1.29 is 0 Å². The fraction of sp³-hybridized carbons (Fsp3) is 0.182. The molecule has 1 heterocycles. The fourth-order valence-corrected chi connectivity index (χ4v) is 2.11. The minimum absolute atomic E-state index is 0.686. The first-order chi connectivity index (χ1) is 7.15. The van der Waals surface area contributed by atoms with Crippen molar-refractivity contribution in [1.82, 2.24) is 4.98 Å². The summed E-state index contributed by atoms with van der Waals surface area (Å²) in [6, 6.07) is 4.14. The topological polar surface area (TPSA) is 50.9 Å². The van der Waals surface area contributed by atoms with Gasteiger partial charge in [0.15, 0.2) is 0 Å². The zero-order valence-corrected chi connectivity index (χ0v) is 10.8. The summed E-state index contributed by atoms with van der Waals surface area (Å²) < 4.78 is 1.22. The molecular weight excluding hydrogens is 301 g/mol. The number of aryl methyl sites for hydroxylation is 1. The second-order valence-electron chi connectivity index (χ2n) is 3.41. The Hall–Kier alpha value is -1.04. The van der Waals surface area contributed by atoms with Crippen LogP contribution in [-0.2, 0) is 0 Å². The Morgan fingerprint density at radius 3 is 2.80 bits per heavy atom. The molecule has 0 saturated heterocycles. The number of nitrogens with two attached hydrogens (primary N) is 1. The highest BCUT2D eigenvalue weighted by molar-refractivity contribution is 14.1. The van der Waals surface area contributed by atoms with Gasteiger partial charge >= 0.3 is 0 Å². The maximum absolute atomic E-state index is 5.86. The van der Waals surface area contributed by atoms with Gasteiger partial charge in [0.25, 0.3) is 0 Å². The Kier molecular flexibility index (Phi) is 2.68. The van der Waals surface area contributed by atoms with Crippen LogP contribution in [0.25, 0.3) is 10.9 Å². The number of nitrogens with zero attached hydrogens (tertiary/aromatic N) is 1. The van der Waals surface area contributed by atoms with Crippen LogP contribution in [0.2, 0.25) is 0 Å². The normalized spacial score (nSPS) is 10.6. The summed E-state index contributed by atoms with van der Waals surface area (Å²) in [6.07, 6.45) is 1.71. The molecular formula is C11H12IN3. The fourth-order valence-electron chi connectivity index (χ4n) is 1.68. The molecule has 0 saturated carbocycles. The van der Waals surface area contributed by atoms with E-state index in [9.17, 15) is 0 Å². The van der Waals surface area contributed by atoms with Gasteiger partial charge in [-0.1, -0.05) is 0 Å². The number of rotatable bonds is 1. The zero-order valence-electron chi connectivity index (χ0n) is 8.63. The molecule has 0 amide bonds. The Morgan fingerprint density at radius 1 is 1.40 bits per heavy atom. The molecule has 0 aliphatic heterocycles. The second kappa shape index (κ2) is 3.84. The third-order valence-electron chi connectivity index (χ3n) is 2.51. The smallest absolute Gasteiger partial charge is 0.0764 e. The van der Waals surface area contributed by atoms with Crippen LogP contribution in [0.3, 0.4) is 0 Å². The van der Waals surface area contributed by atoms with E-state index in [4.69, 9.17) is 5.73 Å². The number of pyridine rings is 1. The largest absolute Gasteiger partial charge is 0.396 e. The quantitative estimate of drug-likeness (QED) is 0.796. The average Bonchev–Trinajstić information content (AvgIpc) is 2.23. The molecule has 0 aliphatic carbocycles. The van der Waals surface area contributed by atoms with E-state index in [1.54, 1.807) is 6.20 Å². The number of anilines is 2. The van der Waals surface area contributed by atoms with Gasteiger partial charge in [-0.05, 0) is 47.2 Å². The van der Waals surface area contributed by atoms with Crippen molar-refractivity contribution in [3.63, 3.8) is 0 Å². The molecule has 0 radical (unpaired) electrons. The lowest BCUT2D eigenvalue weighted by molar-refractivity contribution is 1.34. The molecule has 1 aromatic heterocycles. The van der Waals surface area contributed by atoms with Crippen molar-refractivity contribution in [2.45, 2.75) is 6.92 Å². The molecule has 15 heavy (non-hydrogen) atoms. The van der Waals surface area contributed by atoms with Crippen LogP contribution >= 0.6 is 22.6 Å².